The van der Waals surface area contributed by atoms with Crippen molar-refractivity contribution in [3.05, 3.63) is 42.0 Å². The van der Waals surface area contributed by atoms with Crippen molar-refractivity contribution in [2.24, 2.45) is 5.92 Å². The molecule has 1 heterocycles. The first-order chi connectivity index (χ1) is 6.85. The number of hydrogen-bond acceptors (Lipinski definition) is 1. The van der Waals surface area contributed by atoms with Gasteiger partial charge in [-0.1, -0.05) is 43.8 Å². The molecule has 0 saturated carbocycles. The second-order valence-corrected chi connectivity index (χ2v) is 3.79. The quantitative estimate of drug-likeness (QED) is 0.706. The van der Waals surface area contributed by atoms with Crippen molar-refractivity contribution in [3.63, 3.8) is 0 Å². The topological polar surface area (TPSA) is 9.23 Å². The zero-order valence-electron chi connectivity index (χ0n) is 8.57. The molecule has 1 aromatic carbocycles. The Labute approximate surface area is 85.4 Å². The highest BCUT2D eigenvalue weighted by Gasteiger charge is 2.31. The molecule has 74 valence electrons. The maximum Gasteiger partial charge on any atom is 0.0875 e. The van der Waals surface area contributed by atoms with Crippen LogP contribution in [0.25, 0.3) is 6.08 Å². The van der Waals surface area contributed by atoms with Gasteiger partial charge in [-0.2, -0.15) is 0 Å². The molecule has 14 heavy (non-hydrogen) atoms. The van der Waals surface area contributed by atoms with E-state index in [0.29, 0.717) is 12.0 Å². The summed E-state index contributed by atoms with van der Waals surface area (Å²) in [5, 5.41) is 0. The lowest BCUT2D eigenvalue weighted by molar-refractivity contribution is -0.119. The van der Waals surface area contributed by atoms with Gasteiger partial charge in [0.15, 0.2) is 0 Å². The lowest BCUT2D eigenvalue weighted by atomic mass is 9.89. The van der Waals surface area contributed by atoms with Gasteiger partial charge in [0.1, 0.15) is 0 Å². The van der Waals surface area contributed by atoms with E-state index in [4.69, 9.17) is 4.74 Å². The van der Waals surface area contributed by atoms with Crippen molar-refractivity contribution in [1.29, 1.82) is 0 Å². The second kappa shape index (κ2) is 3.97. The smallest absolute Gasteiger partial charge is 0.0875 e. The van der Waals surface area contributed by atoms with Gasteiger partial charge in [-0.05, 0) is 17.5 Å². The molecule has 2 unspecified atom stereocenters. The Hall–Kier alpha value is -1.08. The van der Waals surface area contributed by atoms with Crippen LogP contribution in [-0.4, -0.2) is 6.61 Å². The van der Waals surface area contributed by atoms with E-state index < -0.39 is 0 Å². The Morgan fingerprint density at radius 1 is 1.43 bits per heavy atom. The van der Waals surface area contributed by atoms with Crippen LogP contribution in [0.3, 0.4) is 0 Å². The minimum Gasteiger partial charge on any atom is -0.373 e. The number of hydrogen-bond donors (Lipinski definition) is 0. The van der Waals surface area contributed by atoms with Gasteiger partial charge >= 0.3 is 0 Å². The van der Waals surface area contributed by atoms with Gasteiger partial charge in [0.25, 0.3) is 0 Å². The number of benzene rings is 1. The zero-order valence-corrected chi connectivity index (χ0v) is 8.57. The van der Waals surface area contributed by atoms with E-state index in [0.717, 1.165) is 6.61 Å². The van der Waals surface area contributed by atoms with Crippen LogP contribution in [0.1, 0.15) is 30.6 Å². The standard InChI is InChI=1S/C13H16O/c1-3-10-5-7-12(8-6-10)13-11(4-2)9-14-13/h3,5-8,11,13H,1,4,9H2,2H3. The predicted octanol–water partition coefficient (Wildman–Crippen LogP) is 3.43. The SMILES string of the molecule is C=Cc1ccc(C2OCC2CC)cc1. The maximum atomic E-state index is 5.57. The molecule has 1 nitrogen and oxygen atoms in total. The van der Waals surface area contributed by atoms with Crippen LogP contribution in [-0.2, 0) is 4.74 Å². The zero-order chi connectivity index (χ0) is 9.97. The van der Waals surface area contributed by atoms with Crippen molar-refractivity contribution in [2.45, 2.75) is 19.4 Å². The third-order valence-corrected chi connectivity index (χ3v) is 2.94. The average Bonchev–Trinajstić information content (AvgIpc) is 2.18. The van der Waals surface area contributed by atoms with Gasteiger partial charge in [-0.25, -0.2) is 0 Å². The fraction of sp³-hybridized carbons (Fsp3) is 0.385. The van der Waals surface area contributed by atoms with Crippen molar-refractivity contribution >= 4 is 6.08 Å². The maximum absolute atomic E-state index is 5.57. The van der Waals surface area contributed by atoms with Crippen LogP contribution in [0.15, 0.2) is 30.8 Å². The molecule has 1 heteroatoms. The van der Waals surface area contributed by atoms with Gasteiger partial charge in [-0.15, -0.1) is 0 Å². The summed E-state index contributed by atoms with van der Waals surface area (Å²) in [5.74, 6) is 0.713. The summed E-state index contributed by atoms with van der Waals surface area (Å²) in [5.41, 5.74) is 2.47. The molecule has 0 N–H and O–H groups in total. The van der Waals surface area contributed by atoms with E-state index in [1.807, 2.05) is 6.08 Å². The molecule has 0 spiro atoms. The normalized spacial score (nSPS) is 25.5. The minimum atomic E-state index is 0.332. The minimum absolute atomic E-state index is 0.332. The number of rotatable bonds is 3. The molecule has 1 saturated heterocycles. The van der Waals surface area contributed by atoms with Crippen molar-refractivity contribution in [3.8, 4) is 0 Å². The molecule has 0 aliphatic carbocycles. The van der Waals surface area contributed by atoms with Gasteiger partial charge in [0.05, 0.1) is 12.7 Å². The Bertz CT molecular complexity index is 311. The van der Waals surface area contributed by atoms with E-state index in [9.17, 15) is 0 Å². The first kappa shape index (κ1) is 9.47. The second-order valence-electron chi connectivity index (χ2n) is 3.79. The van der Waals surface area contributed by atoms with Gasteiger partial charge in [-0.3, -0.25) is 0 Å². The summed E-state index contributed by atoms with van der Waals surface area (Å²) in [4.78, 5) is 0. The summed E-state index contributed by atoms with van der Waals surface area (Å²) < 4.78 is 5.57. The van der Waals surface area contributed by atoms with E-state index in [1.54, 1.807) is 0 Å². The highest BCUT2D eigenvalue weighted by molar-refractivity contribution is 5.47. The van der Waals surface area contributed by atoms with Crippen molar-refractivity contribution in [1.82, 2.24) is 0 Å². The van der Waals surface area contributed by atoms with E-state index >= 15 is 0 Å². The van der Waals surface area contributed by atoms with Crippen LogP contribution in [0.2, 0.25) is 0 Å². The Morgan fingerprint density at radius 2 is 2.14 bits per heavy atom. The van der Waals surface area contributed by atoms with E-state index in [2.05, 4.69) is 37.8 Å². The number of ether oxygens (including phenoxy) is 1. The summed E-state index contributed by atoms with van der Waals surface area (Å²) in [7, 11) is 0. The van der Waals surface area contributed by atoms with Crippen LogP contribution in [0.5, 0.6) is 0 Å². The van der Waals surface area contributed by atoms with E-state index in [-0.39, 0.29) is 0 Å². The highest BCUT2D eigenvalue weighted by atomic mass is 16.5. The Morgan fingerprint density at radius 3 is 2.57 bits per heavy atom. The molecule has 2 atom stereocenters. The molecule has 1 aliphatic heterocycles. The van der Waals surface area contributed by atoms with Gasteiger partial charge in [0, 0.05) is 5.92 Å². The largest absolute Gasteiger partial charge is 0.373 e. The molecule has 1 fully saturated rings. The molecule has 0 bridgehead atoms. The van der Waals surface area contributed by atoms with Crippen LogP contribution in [0.4, 0.5) is 0 Å². The van der Waals surface area contributed by atoms with Gasteiger partial charge < -0.3 is 4.74 Å². The van der Waals surface area contributed by atoms with Gasteiger partial charge in [0.2, 0.25) is 0 Å². The third kappa shape index (κ3) is 1.60. The summed E-state index contributed by atoms with van der Waals surface area (Å²) in [6.07, 6.45) is 3.40. The molecule has 0 aromatic heterocycles. The fourth-order valence-corrected chi connectivity index (χ4v) is 1.85. The summed E-state index contributed by atoms with van der Waals surface area (Å²) in [6, 6.07) is 8.47. The summed E-state index contributed by atoms with van der Waals surface area (Å²) in [6.45, 7) is 6.88. The third-order valence-electron chi connectivity index (χ3n) is 2.94. The Balaban J connectivity index is 2.13. The summed E-state index contributed by atoms with van der Waals surface area (Å²) >= 11 is 0. The Kier molecular flexibility index (Phi) is 2.69. The average molecular weight is 188 g/mol. The predicted molar refractivity (Wildman–Crippen MR) is 59.0 cm³/mol. The van der Waals surface area contributed by atoms with Crippen molar-refractivity contribution < 1.29 is 4.74 Å². The molecular formula is C13H16O. The fourth-order valence-electron chi connectivity index (χ4n) is 1.85. The molecular weight excluding hydrogens is 172 g/mol. The van der Waals surface area contributed by atoms with Crippen LogP contribution in [0, 0.1) is 5.92 Å². The van der Waals surface area contributed by atoms with Crippen molar-refractivity contribution in [2.75, 3.05) is 6.61 Å². The van der Waals surface area contributed by atoms with Crippen LogP contribution < -0.4 is 0 Å². The molecule has 1 aliphatic rings. The first-order valence-corrected chi connectivity index (χ1v) is 5.19. The molecule has 0 amide bonds. The molecule has 0 radical (unpaired) electrons. The highest BCUT2D eigenvalue weighted by Crippen LogP contribution is 2.37. The molecule has 1 aromatic rings. The van der Waals surface area contributed by atoms with E-state index in [1.165, 1.54) is 17.5 Å². The first-order valence-electron chi connectivity index (χ1n) is 5.19. The monoisotopic (exact) mass is 188 g/mol. The lowest BCUT2D eigenvalue weighted by Gasteiger charge is -2.36. The lowest BCUT2D eigenvalue weighted by Crippen LogP contribution is -2.31. The van der Waals surface area contributed by atoms with Crippen LogP contribution >= 0.6 is 0 Å². The molecule has 2 rings (SSSR count).